The Balaban J connectivity index is 2.17. The minimum absolute atomic E-state index is 0.374. The number of carbonyl (C=O) groups excluding carboxylic acids is 2. The molecular weight excluding hydrogens is 430 g/mol. The molecule has 0 aliphatic heterocycles. The van der Waals surface area contributed by atoms with E-state index in [1.165, 1.54) is 42.2 Å². The smallest absolute Gasteiger partial charge is 0.323 e. The average Bonchev–Trinajstić information content (AvgIpc) is 3.28. The molecule has 0 aromatic carbocycles. The van der Waals surface area contributed by atoms with Crippen LogP contribution in [0.25, 0.3) is 6.08 Å². The van der Waals surface area contributed by atoms with Crippen molar-refractivity contribution in [1.82, 2.24) is 4.23 Å². The van der Waals surface area contributed by atoms with Crippen molar-refractivity contribution in [3.63, 3.8) is 0 Å². The van der Waals surface area contributed by atoms with Crippen LogP contribution in [0.3, 0.4) is 0 Å². The summed E-state index contributed by atoms with van der Waals surface area (Å²) in [4.78, 5) is 25.7. The lowest BCUT2D eigenvalue weighted by Crippen LogP contribution is -2.52. The van der Waals surface area contributed by atoms with Gasteiger partial charge in [0.25, 0.3) is 0 Å². The monoisotopic (exact) mass is 471 g/mol. The van der Waals surface area contributed by atoms with E-state index in [2.05, 4.69) is 71.0 Å². The second-order valence-corrected chi connectivity index (χ2v) is 16.6. The molecular formula is C27H41NO4Si. The van der Waals surface area contributed by atoms with Gasteiger partial charge in [-0.15, -0.1) is 0 Å². The summed E-state index contributed by atoms with van der Waals surface area (Å²) >= 11 is 0. The Labute approximate surface area is 200 Å². The van der Waals surface area contributed by atoms with Crippen molar-refractivity contribution >= 4 is 26.3 Å². The number of rotatable bonds is 6. The Morgan fingerprint density at radius 3 is 1.85 bits per heavy atom. The molecule has 1 aromatic rings. The van der Waals surface area contributed by atoms with Gasteiger partial charge >= 0.3 is 11.9 Å². The minimum atomic E-state index is -1.95. The highest BCUT2D eigenvalue weighted by molar-refractivity contribution is 6.82. The summed E-state index contributed by atoms with van der Waals surface area (Å²) in [6.07, 6.45) is 6.90. The first-order chi connectivity index (χ1) is 15.4. The first kappa shape index (κ1) is 25.5. The van der Waals surface area contributed by atoms with E-state index in [0.717, 1.165) is 12.8 Å². The van der Waals surface area contributed by atoms with Crippen LogP contribution < -0.4 is 0 Å². The van der Waals surface area contributed by atoms with Gasteiger partial charge in [-0.3, -0.25) is 9.59 Å². The quantitative estimate of drug-likeness (QED) is 0.212. The fraction of sp³-hybridized carbons (Fsp3) is 0.630. The second kappa shape index (κ2) is 9.28. The molecule has 0 unspecified atom stereocenters. The van der Waals surface area contributed by atoms with Crippen molar-refractivity contribution in [3.8, 4) is 0 Å². The first-order valence-corrected chi connectivity index (χ1v) is 14.4. The zero-order valence-corrected chi connectivity index (χ0v) is 22.9. The van der Waals surface area contributed by atoms with Gasteiger partial charge in [-0.1, -0.05) is 64.3 Å². The van der Waals surface area contributed by atoms with E-state index < -0.39 is 25.6 Å². The van der Waals surface area contributed by atoms with E-state index in [0.29, 0.717) is 29.5 Å². The van der Waals surface area contributed by atoms with Crippen molar-refractivity contribution in [2.45, 2.75) is 90.8 Å². The standard InChI is InChI=1S/C27H41NO4Si/c1-17(2)33(18(3)4,19(5)6)28-11-10-21-12-20(7)13-22-15-27(25(29)31-8,26(30)32-9)16-23(22)14-24(21)28/h10-12,17-19H,13-16H2,1-9H3/b20-12-. The van der Waals surface area contributed by atoms with E-state index in [1.54, 1.807) is 0 Å². The highest BCUT2D eigenvalue weighted by Gasteiger charge is 2.54. The lowest BCUT2D eigenvalue weighted by molar-refractivity contribution is -0.168. The van der Waals surface area contributed by atoms with Crippen LogP contribution in [0.1, 0.15) is 79.0 Å². The molecule has 1 heterocycles. The largest absolute Gasteiger partial charge is 0.468 e. The van der Waals surface area contributed by atoms with Crippen molar-refractivity contribution in [2.75, 3.05) is 14.2 Å². The number of nitrogens with zero attached hydrogens (tertiary/aromatic N) is 1. The molecule has 0 bridgehead atoms. The second-order valence-electron chi connectivity index (χ2n) is 10.9. The summed E-state index contributed by atoms with van der Waals surface area (Å²) in [7, 11) is 0.757. The number of ether oxygens (including phenoxy) is 2. The van der Waals surface area contributed by atoms with Crippen LogP contribution in [0.4, 0.5) is 0 Å². The Morgan fingerprint density at radius 1 is 0.909 bits per heavy atom. The SMILES string of the molecule is COC(=O)C1(C(=O)OC)CC2=C(Cc3c(ccn3[Si](C(C)C)(C(C)C)C(C)C)/C=C(/C)C2)C1. The van der Waals surface area contributed by atoms with Gasteiger partial charge in [-0.25, -0.2) is 0 Å². The first-order valence-electron chi connectivity index (χ1n) is 12.2. The fourth-order valence-electron chi connectivity index (χ4n) is 7.03. The topological polar surface area (TPSA) is 57.5 Å². The van der Waals surface area contributed by atoms with Crippen LogP contribution in [-0.2, 0) is 25.5 Å². The third-order valence-corrected chi connectivity index (χ3v) is 15.0. The summed E-state index contributed by atoms with van der Waals surface area (Å²) in [6.45, 7) is 16.4. The number of fused-ring (bicyclic) bond motifs is 1. The van der Waals surface area contributed by atoms with E-state index in [9.17, 15) is 9.59 Å². The molecule has 0 fully saturated rings. The van der Waals surface area contributed by atoms with E-state index in [4.69, 9.17) is 9.47 Å². The predicted molar refractivity (Wildman–Crippen MR) is 136 cm³/mol. The molecule has 2 aliphatic carbocycles. The van der Waals surface area contributed by atoms with Crippen molar-refractivity contribution in [1.29, 1.82) is 0 Å². The van der Waals surface area contributed by atoms with Gasteiger partial charge < -0.3 is 13.7 Å². The summed E-state index contributed by atoms with van der Waals surface area (Å²) in [5.74, 6) is -0.984. The van der Waals surface area contributed by atoms with E-state index in [-0.39, 0.29) is 0 Å². The zero-order valence-electron chi connectivity index (χ0n) is 21.9. The molecule has 1 aromatic heterocycles. The van der Waals surface area contributed by atoms with Crippen LogP contribution in [0.2, 0.25) is 16.6 Å². The molecule has 0 saturated carbocycles. The number of esters is 2. The van der Waals surface area contributed by atoms with Crippen LogP contribution in [0.15, 0.2) is 29.0 Å². The highest BCUT2D eigenvalue weighted by atomic mass is 28.3. The van der Waals surface area contributed by atoms with Gasteiger partial charge in [0.2, 0.25) is 0 Å². The van der Waals surface area contributed by atoms with Gasteiger partial charge in [0.1, 0.15) is 0 Å². The molecule has 0 radical (unpaired) electrons. The molecule has 6 heteroatoms. The lowest BCUT2D eigenvalue weighted by atomic mass is 9.83. The molecule has 5 nitrogen and oxygen atoms in total. The molecule has 0 atom stereocenters. The van der Waals surface area contributed by atoms with E-state index in [1.807, 2.05) is 0 Å². The van der Waals surface area contributed by atoms with Crippen molar-refractivity contribution < 1.29 is 19.1 Å². The maximum absolute atomic E-state index is 12.9. The molecule has 0 amide bonds. The van der Waals surface area contributed by atoms with E-state index >= 15 is 0 Å². The molecule has 0 N–H and O–H groups in total. The molecule has 182 valence electrons. The summed E-state index contributed by atoms with van der Waals surface area (Å²) in [6, 6.07) is 2.27. The van der Waals surface area contributed by atoms with Crippen LogP contribution >= 0.6 is 0 Å². The average molecular weight is 472 g/mol. The highest BCUT2D eigenvalue weighted by Crippen LogP contribution is 2.50. The van der Waals surface area contributed by atoms with Gasteiger partial charge in [-0.2, -0.15) is 0 Å². The number of carbonyl (C=O) groups is 2. The van der Waals surface area contributed by atoms with Crippen LogP contribution in [-0.4, -0.2) is 38.6 Å². The van der Waals surface area contributed by atoms with Crippen LogP contribution in [0.5, 0.6) is 0 Å². The zero-order chi connectivity index (χ0) is 24.7. The Bertz CT molecular complexity index is 958. The fourth-order valence-corrected chi connectivity index (χ4v) is 13.7. The molecule has 3 rings (SSSR count). The maximum atomic E-state index is 12.9. The molecule has 2 aliphatic rings. The number of methoxy groups -OCH3 is 2. The van der Waals surface area contributed by atoms with Gasteiger partial charge in [0, 0.05) is 12.1 Å². The number of hydrogen-bond acceptors (Lipinski definition) is 4. The Hall–Kier alpha value is -2.08. The number of allylic oxidation sites excluding steroid dienone is 3. The van der Waals surface area contributed by atoms with Gasteiger partial charge in [0.05, 0.1) is 14.2 Å². The summed E-state index contributed by atoms with van der Waals surface area (Å²) in [5, 5.41) is 0. The third-order valence-electron chi connectivity index (χ3n) is 8.18. The molecule has 0 saturated heterocycles. The lowest BCUT2D eigenvalue weighted by Gasteiger charge is -2.45. The molecule has 0 spiro atoms. The molecule has 33 heavy (non-hydrogen) atoms. The predicted octanol–water partition coefficient (Wildman–Crippen LogP) is 6.28. The normalized spacial score (nSPS) is 19.7. The summed E-state index contributed by atoms with van der Waals surface area (Å²) in [5.41, 5.74) is 6.68. The van der Waals surface area contributed by atoms with Gasteiger partial charge in [-0.05, 0) is 60.6 Å². The Kier molecular flexibility index (Phi) is 7.18. The van der Waals surface area contributed by atoms with Crippen molar-refractivity contribution in [3.05, 3.63) is 40.2 Å². The van der Waals surface area contributed by atoms with Crippen molar-refractivity contribution in [2.24, 2.45) is 5.41 Å². The van der Waals surface area contributed by atoms with Crippen LogP contribution in [0, 0.1) is 5.41 Å². The maximum Gasteiger partial charge on any atom is 0.323 e. The summed E-state index contributed by atoms with van der Waals surface area (Å²) < 4.78 is 12.9. The number of hydrogen-bond donors (Lipinski definition) is 0. The third kappa shape index (κ3) is 3.94. The number of aromatic nitrogens is 1. The van der Waals surface area contributed by atoms with Gasteiger partial charge in [0.15, 0.2) is 13.7 Å². The minimum Gasteiger partial charge on any atom is -0.468 e. The Morgan fingerprint density at radius 2 is 1.39 bits per heavy atom.